The first-order chi connectivity index (χ1) is 13.4. The zero-order valence-corrected chi connectivity index (χ0v) is 17.0. The van der Waals surface area contributed by atoms with Crippen molar-refractivity contribution in [3.63, 3.8) is 0 Å². The number of rotatable bonds is 6. The summed E-state index contributed by atoms with van der Waals surface area (Å²) >= 11 is 11.9. The molecule has 0 heterocycles. The first-order valence-electron chi connectivity index (χ1n) is 8.05. The van der Waals surface area contributed by atoms with Crippen LogP contribution in [0.1, 0.15) is 5.56 Å². The fourth-order valence-electron chi connectivity index (χ4n) is 2.28. The largest absolute Gasteiger partial charge is 0.497 e. The van der Waals surface area contributed by atoms with E-state index < -0.39 is 10.1 Å². The van der Waals surface area contributed by atoms with Gasteiger partial charge in [-0.1, -0.05) is 23.2 Å². The zero-order valence-electron chi connectivity index (χ0n) is 14.7. The molecule has 0 bridgehead atoms. The molecule has 0 unspecified atom stereocenters. The number of benzene rings is 3. The van der Waals surface area contributed by atoms with Crippen molar-refractivity contribution in [3.8, 4) is 11.5 Å². The summed E-state index contributed by atoms with van der Waals surface area (Å²) in [6.45, 7) is 0. The summed E-state index contributed by atoms with van der Waals surface area (Å²) in [5, 5.41) is 0.852. The molecule has 3 rings (SSSR count). The Morgan fingerprint density at radius 1 is 0.893 bits per heavy atom. The third kappa shape index (κ3) is 5.04. The molecule has 0 fully saturated rings. The van der Waals surface area contributed by atoms with Crippen LogP contribution in [0, 0.1) is 0 Å². The molecule has 0 aliphatic rings. The highest BCUT2D eigenvalue weighted by Gasteiger charge is 2.18. The van der Waals surface area contributed by atoms with E-state index in [1.54, 1.807) is 43.5 Å². The summed E-state index contributed by atoms with van der Waals surface area (Å²) in [5.41, 5.74) is 1.08. The van der Waals surface area contributed by atoms with Gasteiger partial charge in [0.15, 0.2) is 5.75 Å². The summed E-state index contributed by atoms with van der Waals surface area (Å²) in [6, 6.07) is 17.4. The Bertz CT molecular complexity index is 1100. The second kappa shape index (κ2) is 8.65. The molecular formula is C20H15Cl2NO4S. The van der Waals surface area contributed by atoms with Crippen LogP contribution in [0.15, 0.2) is 76.6 Å². The molecule has 0 aliphatic heterocycles. The van der Waals surface area contributed by atoms with Gasteiger partial charge in [-0.15, -0.1) is 0 Å². The molecule has 3 aromatic carbocycles. The highest BCUT2D eigenvalue weighted by molar-refractivity contribution is 7.87. The van der Waals surface area contributed by atoms with Gasteiger partial charge in [0, 0.05) is 21.8 Å². The highest BCUT2D eigenvalue weighted by atomic mass is 35.5. The zero-order chi connectivity index (χ0) is 20.1. The van der Waals surface area contributed by atoms with Crippen LogP contribution in [0.2, 0.25) is 10.0 Å². The van der Waals surface area contributed by atoms with Crippen molar-refractivity contribution < 1.29 is 17.3 Å². The molecule has 0 amide bonds. The van der Waals surface area contributed by atoms with Crippen molar-refractivity contribution in [2.24, 2.45) is 4.99 Å². The molecule has 0 aliphatic carbocycles. The van der Waals surface area contributed by atoms with Crippen LogP contribution in [-0.2, 0) is 10.1 Å². The molecule has 5 nitrogen and oxygen atoms in total. The van der Waals surface area contributed by atoms with E-state index in [1.807, 2.05) is 0 Å². The average molecular weight is 436 g/mol. The van der Waals surface area contributed by atoms with Crippen molar-refractivity contribution in [1.82, 2.24) is 0 Å². The number of methoxy groups -OCH3 is 1. The monoisotopic (exact) mass is 435 g/mol. The van der Waals surface area contributed by atoms with E-state index in [9.17, 15) is 8.42 Å². The molecule has 3 aromatic rings. The second-order valence-corrected chi connectivity index (χ2v) is 8.05. The van der Waals surface area contributed by atoms with Crippen molar-refractivity contribution in [3.05, 3.63) is 82.3 Å². The molecule has 0 saturated carbocycles. The average Bonchev–Trinajstić information content (AvgIpc) is 2.68. The van der Waals surface area contributed by atoms with Gasteiger partial charge >= 0.3 is 10.1 Å². The molecular weight excluding hydrogens is 421 g/mol. The van der Waals surface area contributed by atoms with Gasteiger partial charge in [-0.2, -0.15) is 8.42 Å². The normalized spacial score (nSPS) is 11.5. The van der Waals surface area contributed by atoms with E-state index in [1.165, 1.54) is 36.5 Å². The second-order valence-electron chi connectivity index (χ2n) is 5.63. The van der Waals surface area contributed by atoms with Gasteiger partial charge < -0.3 is 8.92 Å². The number of ether oxygens (including phenoxy) is 1. The van der Waals surface area contributed by atoms with Gasteiger partial charge in [-0.3, -0.25) is 4.99 Å². The van der Waals surface area contributed by atoms with E-state index in [2.05, 4.69) is 4.99 Å². The van der Waals surface area contributed by atoms with Crippen molar-refractivity contribution in [2.45, 2.75) is 4.90 Å². The maximum atomic E-state index is 12.5. The molecule has 144 valence electrons. The number of nitrogens with zero attached hydrogens (tertiary/aromatic N) is 1. The van der Waals surface area contributed by atoms with E-state index in [4.69, 9.17) is 32.1 Å². The van der Waals surface area contributed by atoms with Crippen molar-refractivity contribution in [2.75, 3.05) is 7.11 Å². The Balaban J connectivity index is 1.89. The minimum Gasteiger partial charge on any atom is -0.497 e. The first kappa shape index (κ1) is 20.2. The summed E-state index contributed by atoms with van der Waals surface area (Å²) in [5.74, 6) is 0.816. The van der Waals surface area contributed by atoms with Crippen LogP contribution in [0.3, 0.4) is 0 Å². The quantitative estimate of drug-likeness (QED) is 0.377. The third-order valence-electron chi connectivity index (χ3n) is 3.70. The molecule has 0 atom stereocenters. The van der Waals surface area contributed by atoms with Crippen molar-refractivity contribution >= 4 is 45.2 Å². The van der Waals surface area contributed by atoms with Crippen molar-refractivity contribution in [1.29, 1.82) is 0 Å². The molecule has 0 N–H and O–H groups in total. The summed E-state index contributed by atoms with van der Waals surface area (Å²) in [4.78, 5) is 4.33. The fraction of sp³-hybridized carbons (Fsp3) is 0.0500. The van der Waals surface area contributed by atoms with Gasteiger partial charge in [0.25, 0.3) is 0 Å². The fourth-order valence-corrected chi connectivity index (χ4v) is 3.54. The maximum Gasteiger partial charge on any atom is 0.339 e. The van der Waals surface area contributed by atoms with E-state index in [0.29, 0.717) is 27.0 Å². The minimum atomic E-state index is -4.04. The first-order valence-corrected chi connectivity index (χ1v) is 10.2. The van der Waals surface area contributed by atoms with Crippen LogP contribution in [0.4, 0.5) is 5.69 Å². The van der Waals surface area contributed by atoms with Crippen LogP contribution in [-0.4, -0.2) is 21.7 Å². The molecule has 0 saturated heterocycles. The van der Waals surface area contributed by atoms with E-state index in [0.717, 1.165) is 0 Å². The third-order valence-corrected chi connectivity index (χ3v) is 5.43. The number of halogens is 2. The summed E-state index contributed by atoms with van der Waals surface area (Å²) in [7, 11) is -2.46. The lowest BCUT2D eigenvalue weighted by molar-refractivity contribution is 0.415. The Hall–Kier alpha value is -2.54. The van der Waals surface area contributed by atoms with Gasteiger partial charge in [0.2, 0.25) is 0 Å². The summed E-state index contributed by atoms with van der Waals surface area (Å²) < 4.78 is 35.5. The number of aliphatic imine (C=N–C) groups is 1. The highest BCUT2D eigenvalue weighted by Crippen LogP contribution is 2.26. The maximum absolute atomic E-state index is 12.5. The Morgan fingerprint density at radius 3 is 2.18 bits per heavy atom. The molecule has 0 radical (unpaired) electrons. The smallest absolute Gasteiger partial charge is 0.339 e. The number of hydrogen-bond acceptors (Lipinski definition) is 5. The molecule has 0 spiro atoms. The molecule has 28 heavy (non-hydrogen) atoms. The predicted molar refractivity (Wildman–Crippen MR) is 111 cm³/mol. The van der Waals surface area contributed by atoms with Crippen LogP contribution in [0.5, 0.6) is 11.5 Å². The standard InChI is InChI=1S/C20H15Cl2NO4S/c1-26-18-7-5-17(6-8-18)23-13-14-12-16(22)4-11-20(14)27-28(24,25)19-9-2-15(21)3-10-19/h2-13H,1H3. The topological polar surface area (TPSA) is 65.0 Å². The van der Waals surface area contributed by atoms with Crippen LogP contribution < -0.4 is 8.92 Å². The molecule has 0 aromatic heterocycles. The Kier molecular flexibility index (Phi) is 6.24. The SMILES string of the molecule is COc1ccc(N=Cc2cc(Cl)ccc2OS(=O)(=O)c2ccc(Cl)cc2)cc1. The van der Waals surface area contributed by atoms with Crippen LogP contribution in [0.25, 0.3) is 0 Å². The van der Waals surface area contributed by atoms with Gasteiger partial charge in [-0.25, -0.2) is 0 Å². The lowest BCUT2D eigenvalue weighted by atomic mass is 10.2. The summed E-state index contributed by atoms with van der Waals surface area (Å²) in [6.07, 6.45) is 1.49. The number of hydrogen-bond donors (Lipinski definition) is 0. The van der Waals surface area contributed by atoms with Gasteiger partial charge in [0.05, 0.1) is 12.8 Å². The van der Waals surface area contributed by atoms with E-state index in [-0.39, 0.29) is 10.6 Å². The predicted octanol–water partition coefficient (Wildman–Crippen LogP) is 5.52. The lowest BCUT2D eigenvalue weighted by Crippen LogP contribution is -2.10. The van der Waals surface area contributed by atoms with Crippen LogP contribution >= 0.6 is 23.2 Å². The van der Waals surface area contributed by atoms with Gasteiger partial charge in [-0.05, 0) is 66.7 Å². The van der Waals surface area contributed by atoms with Gasteiger partial charge in [0.1, 0.15) is 10.6 Å². The molecule has 8 heteroatoms. The minimum absolute atomic E-state index is 0.00936. The Labute approximate surface area is 173 Å². The lowest BCUT2D eigenvalue weighted by Gasteiger charge is -2.10. The van der Waals surface area contributed by atoms with E-state index >= 15 is 0 Å². The Morgan fingerprint density at radius 2 is 1.54 bits per heavy atom.